The number of benzene rings is 1. The zero-order chi connectivity index (χ0) is 13.2. The average molecular weight is 265 g/mol. The topological polar surface area (TPSA) is 46.5 Å². The van der Waals surface area contributed by atoms with Crippen molar-refractivity contribution in [1.82, 2.24) is 0 Å². The van der Waals surface area contributed by atoms with E-state index in [9.17, 15) is 9.90 Å². The summed E-state index contributed by atoms with van der Waals surface area (Å²) in [5, 5.41) is 9.30. The number of esters is 1. The Bertz CT molecular complexity index is 457. The molecular weight excluding hydrogens is 252 g/mol. The third-order valence-corrected chi connectivity index (χ3v) is 2.09. The lowest BCUT2D eigenvalue weighted by Gasteiger charge is -2.01. The quantitative estimate of drug-likeness (QED) is 0.392. The molecule has 1 aromatic carbocycles. The van der Waals surface area contributed by atoms with Crippen LogP contribution in [0.25, 0.3) is 0 Å². The highest BCUT2D eigenvalue weighted by molar-refractivity contribution is 6.19. The molecule has 0 heterocycles. The van der Waals surface area contributed by atoms with E-state index in [-0.39, 0.29) is 12.5 Å². The van der Waals surface area contributed by atoms with Crippen molar-refractivity contribution in [1.29, 1.82) is 0 Å². The summed E-state index contributed by atoms with van der Waals surface area (Å²) in [4.78, 5) is 11.5. The van der Waals surface area contributed by atoms with Gasteiger partial charge in [-0.1, -0.05) is 30.0 Å². The number of carbonyl (C=O) groups is 1. The maximum absolute atomic E-state index is 11.5. The molecular formula is C14H13ClO3. The van der Waals surface area contributed by atoms with Gasteiger partial charge in [-0.15, -0.1) is 11.6 Å². The Labute approximate surface area is 111 Å². The molecule has 0 radical (unpaired) electrons. The maximum atomic E-state index is 11.5. The Balaban J connectivity index is 2.34. The predicted octanol–water partition coefficient (Wildman–Crippen LogP) is 2.00. The van der Waals surface area contributed by atoms with E-state index < -0.39 is 12.1 Å². The number of aliphatic hydroxyl groups excluding tert-OH is 1. The molecule has 0 aliphatic heterocycles. The van der Waals surface area contributed by atoms with Crippen LogP contribution in [0.4, 0.5) is 0 Å². The van der Waals surface area contributed by atoms with Crippen LogP contribution in [0.1, 0.15) is 10.4 Å². The zero-order valence-electron chi connectivity index (χ0n) is 9.67. The fourth-order valence-corrected chi connectivity index (χ4v) is 1.23. The third kappa shape index (κ3) is 5.53. The summed E-state index contributed by atoms with van der Waals surface area (Å²) in [5.41, 5.74) is 0.494. The van der Waals surface area contributed by atoms with Gasteiger partial charge < -0.3 is 9.84 Å². The molecule has 0 unspecified atom stereocenters. The number of hydrogen-bond acceptors (Lipinski definition) is 3. The summed E-state index contributed by atoms with van der Waals surface area (Å²) in [5.74, 6) is 4.80. The van der Waals surface area contributed by atoms with Crippen molar-refractivity contribution < 1.29 is 14.6 Å². The third-order valence-electron chi connectivity index (χ3n) is 1.96. The second-order valence-corrected chi connectivity index (χ2v) is 3.56. The van der Waals surface area contributed by atoms with Crippen molar-refractivity contribution in [2.75, 3.05) is 12.5 Å². The van der Waals surface area contributed by atoms with E-state index in [2.05, 4.69) is 11.8 Å². The molecule has 0 amide bonds. The lowest BCUT2D eigenvalue weighted by Crippen LogP contribution is -2.05. The number of ether oxygens (including phenoxy) is 1. The van der Waals surface area contributed by atoms with Gasteiger partial charge in [-0.2, -0.15) is 0 Å². The summed E-state index contributed by atoms with van der Waals surface area (Å²) >= 11 is 5.34. The number of halogens is 1. The summed E-state index contributed by atoms with van der Waals surface area (Å²) in [7, 11) is 0. The highest BCUT2D eigenvalue weighted by atomic mass is 35.5. The van der Waals surface area contributed by atoms with Crippen LogP contribution in [-0.2, 0) is 4.74 Å². The van der Waals surface area contributed by atoms with Crippen LogP contribution in [0.2, 0.25) is 0 Å². The molecule has 1 N–H and O–H groups in total. The van der Waals surface area contributed by atoms with Gasteiger partial charge in [0.15, 0.2) is 0 Å². The van der Waals surface area contributed by atoms with Crippen LogP contribution < -0.4 is 0 Å². The van der Waals surface area contributed by atoms with Crippen molar-refractivity contribution in [3.05, 3.63) is 48.0 Å². The van der Waals surface area contributed by atoms with E-state index >= 15 is 0 Å². The van der Waals surface area contributed by atoms with Crippen molar-refractivity contribution in [3.8, 4) is 11.8 Å². The fourth-order valence-electron chi connectivity index (χ4n) is 1.16. The first-order valence-corrected chi connectivity index (χ1v) is 5.88. The molecule has 0 saturated carbocycles. The molecule has 0 spiro atoms. The predicted molar refractivity (Wildman–Crippen MR) is 70.4 cm³/mol. The molecule has 4 heteroatoms. The molecule has 0 bridgehead atoms. The van der Waals surface area contributed by atoms with Crippen molar-refractivity contribution in [2.24, 2.45) is 0 Å². The van der Waals surface area contributed by atoms with Crippen molar-refractivity contribution in [2.45, 2.75) is 6.10 Å². The van der Waals surface area contributed by atoms with Gasteiger partial charge in [-0.25, -0.2) is 4.79 Å². The Morgan fingerprint density at radius 2 is 2.17 bits per heavy atom. The number of aliphatic hydroxyl groups is 1. The van der Waals surface area contributed by atoms with Crippen LogP contribution in [0.3, 0.4) is 0 Å². The van der Waals surface area contributed by atoms with Gasteiger partial charge in [0.25, 0.3) is 0 Å². The van der Waals surface area contributed by atoms with Crippen LogP contribution in [0.15, 0.2) is 42.5 Å². The molecule has 0 fully saturated rings. The SMILES string of the molecule is O=C(OC/C=C/[C@H](O)C#CCCl)c1ccccc1. The van der Waals surface area contributed by atoms with Crippen molar-refractivity contribution in [3.63, 3.8) is 0 Å². The minimum absolute atomic E-state index is 0.0906. The summed E-state index contributed by atoms with van der Waals surface area (Å²) in [6.07, 6.45) is 2.09. The van der Waals surface area contributed by atoms with Crippen molar-refractivity contribution >= 4 is 17.6 Å². The largest absolute Gasteiger partial charge is 0.458 e. The molecule has 3 nitrogen and oxygen atoms in total. The first-order chi connectivity index (χ1) is 8.74. The summed E-state index contributed by atoms with van der Waals surface area (Å²) in [6.45, 7) is 0.0906. The minimum Gasteiger partial charge on any atom is -0.458 e. The number of rotatable bonds is 4. The Morgan fingerprint density at radius 3 is 2.83 bits per heavy atom. The smallest absolute Gasteiger partial charge is 0.338 e. The lowest BCUT2D eigenvalue weighted by molar-refractivity contribution is 0.0548. The molecule has 0 aliphatic carbocycles. The van der Waals surface area contributed by atoms with E-state index in [4.69, 9.17) is 16.3 Å². The zero-order valence-corrected chi connectivity index (χ0v) is 10.4. The van der Waals surface area contributed by atoms with Crippen LogP contribution >= 0.6 is 11.6 Å². The molecule has 94 valence electrons. The second-order valence-electron chi connectivity index (χ2n) is 3.29. The molecule has 18 heavy (non-hydrogen) atoms. The summed E-state index contributed by atoms with van der Waals surface area (Å²) in [6, 6.07) is 8.69. The van der Waals surface area contributed by atoms with E-state index in [0.29, 0.717) is 5.56 Å². The number of alkyl halides is 1. The van der Waals surface area contributed by atoms with E-state index in [1.165, 1.54) is 12.2 Å². The van der Waals surface area contributed by atoms with Gasteiger partial charge in [-0.3, -0.25) is 0 Å². The maximum Gasteiger partial charge on any atom is 0.338 e. The second kappa shape index (κ2) is 8.35. The van der Waals surface area contributed by atoms with E-state index in [1.54, 1.807) is 24.3 Å². The Morgan fingerprint density at radius 1 is 1.44 bits per heavy atom. The van der Waals surface area contributed by atoms with Gasteiger partial charge >= 0.3 is 5.97 Å². The molecule has 0 aromatic heterocycles. The Hall–Kier alpha value is -1.76. The normalized spacial score (nSPS) is 11.7. The first kappa shape index (κ1) is 14.3. The van der Waals surface area contributed by atoms with E-state index in [1.807, 2.05) is 6.07 Å². The van der Waals surface area contributed by atoms with Gasteiger partial charge in [0.05, 0.1) is 11.4 Å². The average Bonchev–Trinajstić information content (AvgIpc) is 2.42. The highest BCUT2D eigenvalue weighted by Gasteiger charge is 2.03. The monoisotopic (exact) mass is 264 g/mol. The number of hydrogen-bond donors (Lipinski definition) is 1. The van der Waals surface area contributed by atoms with Crippen LogP contribution in [-0.4, -0.2) is 29.7 Å². The highest BCUT2D eigenvalue weighted by Crippen LogP contribution is 2.00. The lowest BCUT2D eigenvalue weighted by atomic mass is 10.2. The standard InChI is InChI=1S/C14H13ClO3/c15-10-4-8-13(16)9-5-11-18-14(17)12-6-2-1-3-7-12/h1-3,5-7,9,13,16H,10-11H2/b9-5+/t13-/m1/s1. The fraction of sp³-hybridized carbons (Fsp3) is 0.214. The van der Waals surface area contributed by atoms with Crippen LogP contribution in [0, 0.1) is 11.8 Å². The van der Waals surface area contributed by atoms with Gasteiger partial charge in [0.1, 0.15) is 12.7 Å². The van der Waals surface area contributed by atoms with Crippen LogP contribution in [0.5, 0.6) is 0 Å². The molecule has 0 aliphatic rings. The first-order valence-electron chi connectivity index (χ1n) is 5.35. The summed E-state index contributed by atoms with van der Waals surface area (Å²) < 4.78 is 4.97. The number of carbonyl (C=O) groups excluding carboxylic acids is 1. The minimum atomic E-state index is -0.890. The van der Waals surface area contributed by atoms with Gasteiger partial charge in [-0.05, 0) is 24.3 Å². The Kier molecular flexibility index (Phi) is 6.63. The molecule has 0 saturated heterocycles. The molecule has 1 atom stereocenters. The van der Waals surface area contributed by atoms with Gasteiger partial charge in [0.2, 0.25) is 0 Å². The van der Waals surface area contributed by atoms with Gasteiger partial charge in [0, 0.05) is 0 Å². The molecule has 1 aromatic rings. The molecule has 1 rings (SSSR count). The van der Waals surface area contributed by atoms with E-state index in [0.717, 1.165) is 0 Å².